The molecule has 1 amide bonds. The molecular weight excluding hydrogens is 344 g/mol. The lowest BCUT2D eigenvalue weighted by atomic mass is 9.98. The summed E-state index contributed by atoms with van der Waals surface area (Å²) in [7, 11) is 1.82. The van der Waals surface area contributed by atoms with Crippen molar-refractivity contribution < 1.29 is 4.79 Å². The molecule has 0 aromatic carbocycles. The van der Waals surface area contributed by atoms with Crippen molar-refractivity contribution in [1.29, 1.82) is 0 Å². The number of nitrogens with one attached hydrogen (secondary N) is 1. The highest BCUT2D eigenvalue weighted by atomic mass is 16.2. The second kappa shape index (κ2) is 6.37. The van der Waals surface area contributed by atoms with Gasteiger partial charge >= 0.3 is 0 Å². The van der Waals surface area contributed by atoms with Gasteiger partial charge in [0, 0.05) is 37.1 Å². The molecule has 1 aliphatic heterocycles. The number of hydrogen-bond acceptors (Lipinski definition) is 4. The van der Waals surface area contributed by atoms with Crippen molar-refractivity contribution in [2.45, 2.75) is 46.1 Å². The molecule has 27 heavy (non-hydrogen) atoms. The Morgan fingerprint density at radius 3 is 2.70 bits per heavy atom. The molecular formula is C19H24N6O2. The second-order valence-corrected chi connectivity index (χ2v) is 7.34. The molecule has 8 heteroatoms. The van der Waals surface area contributed by atoms with Crippen molar-refractivity contribution >= 4 is 11.6 Å². The minimum atomic E-state index is -0.104. The van der Waals surface area contributed by atoms with E-state index < -0.39 is 0 Å². The van der Waals surface area contributed by atoms with Gasteiger partial charge in [0.05, 0.1) is 23.0 Å². The van der Waals surface area contributed by atoms with E-state index in [1.54, 1.807) is 17.8 Å². The molecule has 1 saturated heterocycles. The van der Waals surface area contributed by atoms with E-state index in [1.165, 1.54) is 4.52 Å². The van der Waals surface area contributed by atoms with Crippen LogP contribution in [0, 0.1) is 20.8 Å². The van der Waals surface area contributed by atoms with Crippen molar-refractivity contribution in [3.63, 3.8) is 0 Å². The Morgan fingerprint density at radius 2 is 2.00 bits per heavy atom. The van der Waals surface area contributed by atoms with Gasteiger partial charge in [0.2, 0.25) is 0 Å². The number of nitrogens with zero attached hydrogens (tertiary/aromatic N) is 5. The van der Waals surface area contributed by atoms with Crippen LogP contribution in [0.4, 0.5) is 0 Å². The topological polar surface area (TPSA) is 88.3 Å². The van der Waals surface area contributed by atoms with E-state index in [0.717, 1.165) is 36.3 Å². The monoisotopic (exact) mass is 368 g/mol. The molecule has 3 aromatic heterocycles. The number of rotatable bonds is 2. The fourth-order valence-corrected chi connectivity index (χ4v) is 3.87. The Labute approximate surface area is 156 Å². The lowest BCUT2D eigenvalue weighted by Gasteiger charge is -2.35. The van der Waals surface area contributed by atoms with Crippen molar-refractivity contribution in [1.82, 2.24) is 29.3 Å². The van der Waals surface area contributed by atoms with Gasteiger partial charge < -0.3 is 4.90 Å². The van der Waals surface area contributed by atoms with E-state index >= 15 is 0 Å². The number of aryl methyl sites for hydroxylation is 3. The number of likely N-dealkylation sites (tertiary alicyclic amines) is 1. The largest absolute Gasteiger partial charge is 0.330 e. The maximum absolute atomic E-state index is 13.2. The lowest BCUT2D eigenvalue weighted by molar-refractivity contribution is 0.0605. The fraction of sp³-hybridized carbons (Fsp3) is 0.474. The molecule has 1 atom stereocenters. The molecule has 8 nitrogen and oxygen atoms in total. The molecule has 0 bridgehead atoms. The van der Waals surface area contributed by atoms with Crippen molar-refractivity contribution in [2.24, 2.45) is 7.05 Å². The quantitative estimate of drug-likeness (QED) is 0.750. The summed E-state index contributed by atoms with van der Waals surface area (Å²) in [6.07, 6.45) is 4.63. The SMILES string of the molecule is Cc1nn(C)cc1C(=O)N1CCCCC1c1cc2nc(C)c(C)c(=O)n2[nH]1. The summed E-state index contributed by atoms with van der Waals surface area (Å²) in [5.74, 6) is -0.0170. The zero-order valence-corrected chi connectivity index (χ0v) is 16.1. The zero-order chi connectivity index (χ0) is 19.3. The molecule has 1 unspecified atom stereocenters. The fourth-order valence-electron chi connectivity index (χ4n) is 3.87. The Balaban J connectivity index is 1.76. The molecule has 4 rings (SSSR count). The van der Waals surface area contributed by atoms with Crippen LogP contribution in [0.15, 0.2) is 17.1 Å². The molecule has 3 aromatic rings. The molecule has 0 spiro atoms. The van der Waals surface area contributed by atoms with Gasteiger partial charge in [0.15, 0.2) is 5.65 Å². The average Bonchev–Trinajstić information content (AvgIpc) is 3.22. The molecule has 0 saturated carbocycles. The average molecular weight is 368 g/mol. The van der Waals surface area contributed by atoms with Crippen LogP contribution in [0.1, 0.15) is 58.3 Å². The summed E-state index contributed by atoms with van der Waals surface area (Å²) in [6.45, 7) is 6.15. The third-order valence-electron chi connectivity index (χ3n) is 5.47. The highest BCUT2D eigenvalue weighted by Gasteiger charge is 2.31. The standard InChI is InChI=1S/C19H24N6O2/c1-11-12(2)20-17-9-15(22-25(17)18(11)26)16-7-5-6-8-24(16)19(27)14-10-23(4)21-13(14)3/h9-10,16,22H,5-8H2,1-4H3. The van der Waals surface area contributed by atoms with Gasteiger partial charge in [0.1, 0.15) is 0 Å². The van der Waals surface area contributed by atoms with E-state index in [-0.39, 0.29) is 17.5 Å². The zero-order valence-electron chi connectivity index (χ0n) is 16.1. The summed E-state index contributed by atoms with van der Waals surface area (Å²) in [5, 5.41) is 7.48. The number of carbonyl (C=O) groups excluding carboxylic acids is 1. The predicted molar refractivity (Wildman–Crippen MR) is 101 cm³/mol. The minimum absolute atomic E-state index is 0.0170. The van der Waals surface area contributed by atoms with Crippen LogP contribution in [-0.4, -0.2) is 41.7 Å². The Bertz CT molecular complexity index is 1090. The summed E-state index contributed by atoms with van der Waals surface area (Å²) in [4.78, 5) is 32.1. The molecule has 1 N–H and O–H groups in total. The number of fused-ring (bicyclic) bond motifs is 1. The molecule has 0 aliphatic carbocycles. The number of piperidine rings is 1. The Hall–Kier alpha value is -2.90. The van der Waals surface area contributed by atoms with Gasteiger partial charge in [-0.3, -0.25) is 19.4 Å². The number of H-pyrrole nitrogens is 1. The van der Waals surface area contributed by atoms with Crippen molar-refractivity contribution in [2.75, 3.05) is 6.54 Å². The first kappa shape index (κ1) is 17.5. The number of aromatic amines is 1. The van der Waals surface area contributed by atoms with E-state index in [4.69, 9.17) is 0 Å². The van der Waals surface area contributed by atoms with Crippen LogP contribution in [0.3, 0.4) is 0 Å². The highest BCUT2D eigenvalue weighted by Crippen LogP contribution is 2.32. The molecule has 4 heterocycles. The van der Waals surface area contributed by atoms with Gasteiger partial charge in [-0.2, -0.15) is 5.10 Å². The van der Waals surface area contributed by atoms with E-state index in [1.807, 2.05) is 31.9 Å². The number of hydrogen-bond donors (Lipinski definition) is 1. The second-order valence-electron chi connectivity index (χ2n) is 7.34. The first-order valence-corrected chi connectivity index (χ1v) is 9.27. The molecule has 1 fully saturated rings. The smallest absolute Gasteiger partial charge is 0.275 e. The minimum Gasteiger partial charge on any atom is -0.330 e. The van der Waals surface area contributed by atoms with Gasteiger partial charge in [-0.25, -0.2) is 9.50 Å². The maximum atomic E-state index is 13.2. The number of aromatic nitrogens is 5. The van der Waals surface area contributed by atoms with Crippen molar-refractivity contribution in [3.05, 3.63) is 50.8 Å². The normalized spacial score (nSPS) is 17.6. The molecule has 1 aliphatic rings. The van der Waals surface area contributed by atoms with E-state index in [0.29, 0.717) is 23.3 Å². The molecule has 142 valence electrons. The van der Waals surface area contributed by atoms with Crippen LogP contribution >= 0.6 is 0 Å². The molecule has 0 radical (unpaired) electrons. The van der Waals surface area contributed by atoms with Crippen LogP contribution in [0.5, 0.6) is 0 Å². The van der Waals surface area contributed by atoms with Gasteiger partial charge in [-0.05, 0) is 40.0 Å². The summed E-state index contributed by atoms with van der Waals surface area (Å²) in [5.41, 5.74) is 4.06. The van der Waals surface area contributed by atoms with E-state index in [9.17, 15) is 9.59 Å². The van der Waals surface area contributed by atoms with E-state index in [2.05, 4.69) is 15.2 Å². The summed E-state index contributed by atoms with van der Waals surface area (Å²) < 4.78 is 3.14. The van der Waals surface area contributed by atoms with Gasteiger partial charge in [0.25, 0.3) is 11.5 Å². The highest BCUT2D eigenvalue weighted by molar-refractivity contribution is 5.95. The van der Waals surface area contributed by atoms with Crippen molar-refractivity contribution in [3.8, 4) is 0 Å². The number of carbonyl (C=O) groups is 1. The Morgan fingerprint density at radius 1 is 1.22 bits per heavy atom. The Kier molecular flexibility index (Phi) is 4.13. The summed E-state index contributed by atoms with van der Waals surface area (Å²) in [6, 6.07) is 1.78. The lowest BCUT2D eigenvalue weighted by Crippen LogP contribution is -2.39. The van der Waals surface area contributed by atoms with Gasteiger partial charge in [-0.1, -0.05) is 0 Å². The van der Waals surface area contributed by atoms with Crippen LogP contribution in [0.2, 0.25) is 0 Å². The maximum Gasteiger partial charge on any atom is 0.275 e. The summed E-state index contributed by atoms with van der Waals surface area (Å²) >= 11 is 0. The van der Waals surface area contributed by atoms with Crippen LogP contribution < -0.4 is 5.56 Å². The van der Waals surface area contributed by atoms with Gasteiger partial charge in [-0.15, -0.1) is 0 Å². The van der Waals surface area contributed by atoms with Crippen LogP contribution in [0.25, 0.3) is 5.65 Å². The first-order valence-electron chi connectivity index (χ1n) is 9.27. The third-order valence-corrected chi connectivity index (χ3v) is 5.47. The first-order chi connectivity index (χ1) is 12.9. The van der Waals surface area contributed by atoms with Crippen LogP contribution in [-0.2, 0) is 7.05 Å². The number of amides is 1. The third kappa shape index (κ3) is 2.85. The predicted octanol–water partition coefficient (Wildman–Crippen LogP) is 2.05.